The van der Waals surface area contributed by atoms with Crippen molar-refractivity contribution in [3.63, 3.8) is 0 Å². The Hall–Kier alpha value is -3.68. The van der Waals surface area contributed by atoms with E-state index in [0.29, 0.717) is 22.6 Å². The zero-order valence-corrected chi connectivity index (χ0v) is 16.8. The third-order valence-electron chi connectivity index (χ3n) is 5.10. The number of nitro groups is 1. The Kier molecular flexibility index (Phi) is 5.22. The first kappa shape index (κ1) is 19.6. The van der Waals surface area contributed by atoms with E-state index in [1.807, 2.05) is 50.2 Å². The Bertz CT molecular complexity index is 1110. The zero-order chi connectivity index (χ0) is 21.3. The Balaban J connectivity index is 1.52. The zero-order valence-electron chi connectivity index (χ0n) is 16.8. The number of benzene rings is 2. The van der Waals surface area contributed by atoms with Crippen LogP contribution in [0.2, 0.25) is 0 Å². The molecule has 1 atom stereocenters. The molecule has 1 aliphatic carbocycles. The fraction of sp³-hybridized carbons (Fsp3) is 0.273. The Morgan fingerprint density at radius 1 is 1.20 bits per heavy atom. The highest BCUT2D eigenvalue weighted by atomic mass is 16.6. The molecule has 0 saturated heterocycles. The Labute approximate surface area is 173 Å². The molecule has 30 heavy (non-hydrogen) atoms. The van der Waals surface area contributed by atoms with Gasteiger partial charge in [0.2, 0.25) is 0 Å². The topological polar surface area (TPSA) is 109 Å². The van der Waals surface area contributed by atoms with Crippen molar-refractivity contribution in [2.45, 2.75) is 38.8 Å². The van der Waals surface area contributed by atoms with Gasteiger partial charge >= 0.3 is 6.03 Å². The molecular weight excluding hydrogens is 382 g/mol. The average Bonchev–Trinajstić information content (AvgIpc) is 3.51. The van der Waals surface area contributed by atoms with Crippen LogP contribution in [0.3, 0.4) is 0 Å². The van der Waals surface area contributed by atoms with Crippen LogP contribution in [0.1, 0.15) is 37.1 Å². The van der Waals surface area contributed by atoms with Crippen LogP contribution in [0.15, 0.2) is 48.5 Å². The van der Waals surface area contributed by atoms with E-state index in [1.165, 1.54) is 6.07 Å². The standard InChI is InChI=1S/C22H23N5O3/c1-13-12-19(18-4-3-5-20(27(29)30)21(18)23-13)24-14(2)15-6-8-16(9-7-15)25-22(28)26-17-10-11-17/h3-9,12,14,17H,10-11H2,1-2H3,(H,23,24)(H2,25,26,28). The first-order valence-corrected chi connectivity index (χ1v) is 9.89. The summed E-state index contributed by atoms with van der Waals surface area (Å²) in [6.45, 7) is 3.83. The van der Waals surface area contributed by atoms with Gasteiger partial charge < -0.3 is 16.0 Å². The quantitative estimate of drug-likeness (QED) is 0.399. The van der Waals surface area contributed by atoms with Crippen molar-refractivity contribution >= 4 is 34.0 Å². The maximum atomic E-state index is 11.9. The lowest BCUT2D eigenvalue weighted by molar-refractivity contribution is -0.383. The molecule has 1 unspecified atom stereocenters. The SMILES string of the molecule is Cc1cc(NC(C)c2ccc(NC(=O)NC3CC3)cc2)c2cccc([N+](=O)[O-])c2n1. The van der Waals surface area contributed by atoms with E-state index in [1.54, 1.807) is 6.07 Å². The van der Waals surface area contributed by atoms with E-state index in [-0.39, 0.29) is 17.8 Å². The van der Waals surface area contributed by atoms with Crippen LogP contribution in [0.5, 0.6) is 0 Å². The van der Waals surface area contributed by atoms with Gasteiger partial charge in [-0.3, -0.25) is 10.1 Å². The number of fused-ring (bicyclic) bond motifs is 1. The maximum absolute atomic E-state index is 11.9. The molecule has 2 aromatic carbocycles. The number of para-hydroxylation sites is 1. The molecule has 3 aromatic rings. The summed E-state index contributed by atoms with van der Waals surface area (Å²) < 4.78 is 0. The number of urea groups is 1. The summed E-state index contributed by atoms with van der Waals surface area (Å²) in [7, 11) is 0. The van der Waals surface area contributed by atoms with Crippen molar-refractivity contribution in [3.05, 3.63) is 69.9 Å². The molecule has 1 saturated carbocycles. The first-order chi connectivity index (χ1) is 14.4. The molecule has 3 N–H and O–H groups in total. The number of aromatic nitrogens is 1. The second-order valence-corrected chi connectivity index (χ2v) is 7.60. The third kappa shape index (κ3) is 4.32. The minimum atomic E-state index is -0.410. The summed E-state index contributed by atoms with van der Waals surface area (Å²) >= 11 is 0. The highest BCUT2D eigenvalue weighted by Gasteiger charge is 2.23. The molecule has 0 bridgehead atoms. The van der Waals surface area contributed by atoms with Gasteiger partial charge in [0, 0.05) is 40.6 Å². The third-order valence-corrected chi connectivity index (χ3v) is 5.10. The fourth-order valence-electron chi connectivity index (χ4n) is 3.38. The van der Waals surface area contributed by atoms with Gasteiger partial charge in [-0.2, -0.15) is 0 Å². The summed E-state index contributed by atoms with van der Waals surface area (Å²) in [5, 5.41) is 21.2. The molecule has 1 fully saturated rings. The summed E-state index contributed by atoms with van der Waals surface area (Å²) in [5.74, 6) is 0. The van der Waals surface area contributed by atoms with Crippen molar-refractivity contribution < 1.29 is 9.72 Å². The van der Waals surface area contributed by atoms with Crippen molar-refractivity contribution in [1.82, 2.24) is 10.3 Å². The number of carbonyl (C=O) groups excluding carboxylic acids is 1. The number of aryl methyl sites for hydroxylation is 1. The number of nitrogens with one attached hydrogen (secondary N) is 3. The predicted molar refractivity (Wildman–Crippen MR) is 117 cm³/mol. The van der Waals surface area contributed by atoms with E-state index >= 15 is 0 Å². The first-order valence-electron chi connectivity index (χ1n) is 9.89. The average molecular weight is 405 g/mol. The van der Waals surface area contributed by atoms with E-state index in [4.69, 9.17) is 0 Å². The lowest BCUT2D eigenvalue weighted by Crippen LogP contribution is -2.30. The summed E-state index contributed by atoms with van der Waals surface area (Å²) in [5.41, 5.74) is 3.61. The molecule has 8 nitrogen and oxygen atoms in total. The van der Waals surface area contributed by atoms with Crippen LogP contribution in [-0.2, 0) is 0 Å². The molecule has 8 heteroatoms. The highest BCUT2D eigenvalue weighted by Crippen LogP contribution is 2.32. The van der Waals surface area contributed by atoms with Crippen molar-refractivity contribution in [3.8, 4) is 0 Å². The predicted octanol–water partition coefficient (Wildman–Crippen LogP) is 4.91. The van der Waals surface area contributed by atoms with Crippen LogP contribution >= 0.6 is 0 Å². The second kappa shape index (κ2) is 7.98. The van der Waals surface area contributed by atoms with Crippen molar-refractivity contribution in [2.24, 2.45) is 0 Å². The summed E-state index contributed by atoms with van der Waals surface area (Å²) in [6.07, 6.45) is 2.09. The van der Waals surface area contributed by atoms with Gasteiger partial charge in [0.15, 0.2) is 5.52 Å². The van der Waals surface area contributed by atoms with E-state index in [0.717, 1.165) is 29.8 Å². The largest absolute Gasteiger partial charge is 0.378 e. The van der Waals surface area contributed by atoms with Gasteiger partial charge in [-0.05, 0) is 50.5 Å². The van der Waals surface area contributed by atoms with Crippen LogP contribution in [0.25, 0.3) is 10.9 Å². The van der Waals surface area contributed by atoms with Crippen LogP contribution < -0.4 is 16.0 Å². The summed E-state index contributed by atoms with van der Waals surface area (Å²) in [6, 6.07) is 14.5. The minimum Gasteiger partial charge on any atom is -0.378 e. The smallest absolute Gasteiger partial charge is 0.319 e. The van der Waals surface area contributed by atoms with E-state index in [9.17, 15) is 14.9 Å². The lowest BCUT2D eigenvalue weighted by atomic mass is 10.1. The molecular formula is C22H23N5O3. The van der Waals surface area contributed by atoms with Gasteiger partial charge in [-0.15, -0.1) is 0 Å². The number of rotatable bonds is 6. The van der Waals surface area contributed by atoms with Crippen LogP contribution in [0, 0.1) is 17.0 Å². The molecule has 0 spiro atoms. The van der Waals surface area contributed by atoms with Gasteiger partial charge in [-0.1, -0.05) is 24.3 Å². The Morgan fingerprint density at radius 2 is 1.93 bits per heavy atom. The number of hydrogen-bond acceptors (Lipinski definition) is 5. The number of pyridine rings is 1. The highest BCUT2D eigenvalue weighted by molar-refractivity contribution is 5.96. The molecule has 0 radical (unpaired) electrons. The van der Waals surface area contributed by atoms with Gasteiger partial charge in [0.1, 0.15) is 0 Å². The number of amides is 2. The molecule has 1 aromatic heterocycles. The number of nitrogens with zero attached hydrogens (tertiary/aromatic N) is 2. The molecule has 2 amide bonds. The number of hydrogen-bond donors (Lipinski definition) is 3. The number of non-ortho nitro benzene ring substituents is 1. The molecule has 154 valence electrons. The van der Waals surface area contributed by atoms with Gasteiger partial charge in [-0.25, -0.2) is 9.78 Å². The normalized spacial score (nSPS) is 14.2. The lowest BCUT2D eigenvalue weighted by Gasteiger charge is -2.18. The summed E-state index contributed by atoms with van der Waals surface area (Å²) in [4.78, 5) is 27.2. The number of anilines is 2. The van der Waals surface area contributed by atoms with Crippen molar-refractivity contribution in [1.29, 1.82) is 0 Å². The van der Waals surface area contributed by atoms with E-state index in [2.05, 4.69) is 20.9 Å². The maximum Gasteiger partial charge on any atom is 0.319 e. The van der Waals surface area contributed by atoms with E-state index < -0.39 is 4.92 Å². The molecule has 1 heterocycles. The molecule has 4 rings (SSSR count). The van der Waals surface area contributed by atoms with Gasteiger partial charge in [0.05, 0.1) is 4.92 Å². The van der Waals surface area contributed by atoms with Gasteiger partial charge in [0.25, 0.3) is 5.69 Å². The fourth-order valence-corrected chi connectivity index (χ4v) is 3.38. The van der Waals surface area contributed by atoms with Crippen LogP contribution in [-0.4, -0.2) is 22.0 Å². The minimum absolute atomic E-state index is 0.00759. The van der Waals surface area contributed by atoms with Crippen LogP contribution in [0.4, 0.5) is 21.9 Å². The monoisotopic (exact) mass is 405 g/mol. The second-order valence-electron chi connectivity index (χ2n) is 7.60. The Morgan fingerprint density at radius 3 is 2.60 bits per heavy atom. The molecule has 1 aliphatic rings. The number of carbonyl (C=O) groups is 1. The number of nitro benzene ring substituents is 1. The van der Waals surface area contributed by atoms with Crippen molar-refractivity contribution in [2.75, 3.05) is 10.6 Å². The molecule has 0 aliphatic heterocycles.